The van der Waals surface area contributed by atoms with E-state index >= 15 is 0 Å². The summed E-state index contributed by atoms with van der Waals surface area (Å²) in [5.41, 5.74) is 14.5. The Morgan fingerprint density at radius 2 is 2.40 bits per heavy atom. The number of guanidine groups is 1. The van der Waals surface area contributed by atoms with Gasteiger partial charge >= 0.3 is 0 Å². The van der Waals surface area contributed by atoms with E-state index in [0.29, 0.717) is 12.5 Å². The fourth-order valence-corrected chi connectivity index (χ4v) is 1.09. The molecule has 1 aromatic heterocycles. The van der Waals surface area contributed by atoms with Gasteiger partial charge in [-0.25, -0.2) is 5.43 Å². The molecule has 1 rings (SSSR count). The van der Waals surface area contributed by atoms with Gasteiger partial charge in [0.15, 0.2) is 0 Å². The van der Waals surface area contributed by atoms with Gasteiger partial charge in [-0.2, -0.15) is 4.79 Å². The van der Waals surface area contributed by atoms with Gasteiger partial charge in [0.1, 0.15) is 0 Å². The van der Waals surface area contributed by atoms with Crippen molar-refractivity contribution in [2.75, 3.05) is 19.0 Å². The highest BCUT2D eigenvalue weighted by atomic mass is 15.6. The molecule has 5 N–H and O–H groups in total. The lowest BCUT2D eigenvalue weighted by molar-refractivity contribution is 0.722. The molecular weight excluding hydrogens is 194 g/mol. The Balaban J connectivity index is 2.42. The van der Waals surface area contributed by atoms with Crippen molar-refractivity contribution in [2.45, 2.75) is 19.3 Å². The Morgan fingerprint density at radius 3 is 3.07 bits per heavy atom. The maximum Gasteiger partial charge on any atom is 0.209 e. The Labute approximate surface area is 88.5 Å². The predicted molar refractivity (Wildman–Crippen MR) is 58.9 cm³/mol. The van der Waals surface area contributed by atoms with E-state index in [0.717, 1.165) is 25.0 Å². The van der Waals surface area contributed by atoms with Crippen molar-refractivity contribution >= 4 is 5.96 Å². The van der Waals surface area contributed by atoms with E-state index in [1.165, 1.54) is 4.79 Å². The topological polar surface area (TPSA) is 107 Å². The van der Waals surface area contributed by atoms with Crippen LogP contribution < -0.4 is 16.9 Å². The van der Waals surface area contributed by atoms with E-state index in [2.05, 4.69) is 20.7 Å². The summed E-state index contributed by atoms with van der Waals surface area (Å²) in [6.45, 7) is 0.710. The molecule has 15 heavy (non-hydrogen) atoms. The number of aromatic nitrogens is 3. The summed E-state index contributed by atoms with van der Waals surface area (Å²) in [4.78, 5) is 5.19. The van der Waals surface area contributed by atoms with Gasteiger partial charge in [0.25, 0.3) is 0 Å². The monoisotopic (exact) mass is 211 g/mol. The van der Waals surface area contributed by atoms with Crippen molar-refractivity contribution in [3.8, 4) is 0 Å². The van der Waals surface area contributed by atoms with Crippen LogP contribution in [-0.4, -0.2) is 34.7 Å². The fourth-order valence-electron chi connectivity index (χ4n) is 1.09. The van der Waals surface area contributed by atoms with Crippen LogP contribution in [0.25, 0.3) is 0 Å². The van der Waals surface area contributed by atoms with Crippen molar-refractivity contribution in [3.63, 3.8) is 0 Å². The minimum absolute atomic E-state index is 0.299. The third-order valence-corrected chi connectivity index (χ3v) is 1.90. The Bertz CT molecular complexity index is 317. The first-order valence-electron chi connectivity index (χ1n) is 4.87. The van der Waals surface area contributed by atoms with Crippen LogP contribution in [0.1, 0.15) is 18.5 Å². The van der Waals surface area contributed by atoms with Crippen LogP contribution in [0.5, 0.6) is 0 Å². The summed E-state index contributed by atoms with van der Waals surface area (Å²) < 4.78 is 0. The zero-order valence-electron chi connectivity index (χ0n) is 8.85. The van der Waals surface area contributed by atoms with Gasteiger partial charge < -0.3 is 11.5 Å². The van der Waals surface area contributed by atoms with E-state index in [-0.39, 0.29) is 0 Å². The number of aryl methyl sites for hydroxylation is 1. The number of nitrogens with zero attached hydrogens (tertiary/aromatic N) is 4. The van der Waals surface area contributed by atoms with Crippen molar-refractivity contribution in [3.05, 3.63) is 11.9 Å². The third-order valence-electron chi connectivity index (χ3n) is 1.90. The van der Waals surface area contributed by atoms with Gasteiger partial charge in [-0.1, -0.05) is 0 Å². The van der Waals surface area contributed by atoms with Crippen molar-refractivity contribution in [1.82, 2.24) is 15.1 Å². The Morgan fingerprint density at radius 1 is 1.60 bits per heavy atom. The molecule has 0 radical (unpaired) electrons. The molecule has 0 spiro atoms. The Kier molecular flexibility index (Phi) is 4.55. The first kappa shape index (κ1) is 11.4. The third kappa shape index (κ3) is 3.94. The zero-order chi connectivity index (χ0) is 11.1. The van der Waals surface area contributed by atoms with Crippen LogP contribution in [0, 0.1) is 0 Å². The molecule has 0 aliphatic heterocycles. The molecule has 0 bridgehead atoms. The molecule has 84 valence electrons. The molecule has 0 fully saturated rings. The largest absolute Gasteiger partial charge is 0.369 e. The van der Waals surface area contributed by atoms with Crippen molar-refractivity contribution in [1.29, 1.82) is 0 Å². The first-order chi connectivity index (χ1) is 7.26. The van der Waals surface area contributed by atoms with Crippen molar-refractivity contribution in [2.24, 2.45) is 16.5 Å². The van der Waals surface area contributed by atoms with E-state index in [1.54, 1.807) is 13.2 Å². The maximum atomic E-state index is 5.47. The number of rotatable bonds is 5. The quantitative estimate of drug-likeness (QED) is 0.330. The van der Waals surface area contributed by atoms with Crippen LogP contribution in [-0.2, 0) is 6.42 Å². The normalized spacial score (nSPS) is 11.7. The Hall–Kier alpha value is -1.63. The first-order valence-corrected chi connectivity index (χ1v) is 4.87. The van der Waals surface area contributed by atoms with Gasteiger partial charge in [-0.15, -0.1) is 5.10 Å². The van der Waals surface area contributed by atoms with Gasteiger partial charge in [0.05, 0.1) is 11.9 Å². The minimum atomic E-state index is 0.299. The molecule has 1 aromatic rings. The number of unbranched alkanes of at least 4 members (excludes halogenated alkanes) is 1. The molecular formula is C8H17N7. The molecule has 0 atom stereocenters. The minimum Gasteiger partial charge on any atom is -0.369 e. The summed E-state index contributed by atoms with van der Waals surface area (Å²) in [6, 6.07) is 0. The lowest BCUT2D eigenvalue weighted by Gasteiger charge is -2.01. The molecule has 0 unspecified atom stereocenters. The van der Waals surface area contributed by atoms with Crippen LogP contribution in [0.15, 0.2) is 11.2 Å². The number of nitrogens with two attached hydrogens (primary N) is 2. The van der Waals surface area contributed by atoms with Crippen LogP contribution in [0.2, 0.25) is 0 Å². The SMILES string of the molecule is C/N=C(/N)Nn1cc(CCCCN)nn1. The number of nitrogens with one attached hydrogen (secondary N) is 1. The molecule has 7 nitrogen and oxygen atoms in total. The van der Waals surface area contributed by atoms with Crippen molar-refractivity contribution < 1.29 is 0 Å². The van der Waals surface area contributed by atoms with Gasteiger partial charge in [0, 0.05) is 7.05 Å². The summed E-state index contributed by atoms with van der Waals surface area (Å²) in [5, 5.41) is 7.82. The van der Waals surface area contributed by atoms with Crippen LogP contribution in [0.4, 0.5) is 0 Å². The van der Waals surface area contributed by atoms with E-state index in [9.17, 15) is 0 Å². The second-order valence-corrected chi connectivity index (χ2v) is 3.12. The average molecular weight is 211 g/mol. The van der Waals surface area contributed by atoms with Crippen LogP contribution >= 0.6 is 0 Å². The summed E-state index contributed by atoms with van der Waals surface area (Å²) in [6.07, 6.45) is 4.68. The van der Waals surface area contributed by atoms with Gasteiger partial charge in [0.2, 0.25) is 5.96 Å². The van der Waals surface area contributed by atoms with Gasteiger partial charge in [-0.05, 0) is 31.0 Å². The lowest BCUT2D eigenvalue weighted by atomic mass is 10.2. The lowest BCUT2D eigenvalue weighted by Crippen LogP contribution is -2.30. The standard InChI is InChI=1S/C8H17N7/c1-11-8(10)13-15-6-7(12-14-15)4-2-3-5-9/h6H,2-5,9H2,1H3,(H3,10,11,13). The predicted octanol–water partition coefficient (Wildman–Crippen LogP) is -0.952. The average Bonchev–Trinajstić information content (AvgIpc) is 2.66. The highest BCUT2D eigenvalue weighted by molar-refractivity contribution is 5.85. The molecule has 0 saturated heterocycles. The highest BCUT2D eigenvalue weighted by Crippen LogP contribution is 1.98. The summed E-state index contributed by atoms with van der Waals surface area (Å²) >= 11 is 0. The number of hydrogen-bond acceptors (Lipinski definition) is 4. The molecule has 7 heteroatoms. The molecule has 0 saturated carbocycles. The summed E-state index contributed by atoms with van der Waals surface area (Å²) in [5.74, 6) is 0.299. The van der Waals surface area contributed by atoms with E-state index in [1.807, 2.05) is 0 Å². The zero-order valence-corrected chi connectivity index (χ0v) is 8.85. The number of aliphatic imine (C=N–C) groups is 1. The molecule has 1 heterocycles. The molecule has 0 aliphatic rings. The van der Waals surface area contributed by atoms with E-state index < -0.39 is 0 Å². The molecule has 0 aliphatic carbocycles. The van der Waals surface area contributed by atoms with Crippen LogP contribution in [0.3, 0.4) is 0 Å². The highest BCUT2D eigenvalue weighted by Gasteiger charge is 2.00. The maximum absolute atomic E-state index is 5.47. The second kappa shape index (κ2) is 5.97. The number of hydrogen-bond donors (Lipinski definition) is 3. The molecule has 0 amide bonds. The second-order valence-electron chi connectivity index (χ2n) is 3.12. The fraction of sp³-hybridized carbons (Fsp3) is 0.625. The van der Waals surface area contributed by atoms with Gasteiger partial charge in [-0.3, -0.25) is 4.99 Å². The smallest absolute Gasteiger partial charge is 0.209 e. The summed E-state index contributed by atoms with van der Waals surface area (Å²) in [7, 11) is 1.60. The van der Waals surface area contributed by atoms with E-state index in [4.69, 9.17) is 11.5 Å². The molecule has 0 aromatic carbocycles.